The summed E-state index contributed by atoms with van der Waals surface area (Å²) < 4.78 is 0. The van der Waals surface area contributed by atoms with Gasteiger partial charge in [0.2, 0.25) is 0 Å². The third-order valence-corrected chi connectivity index (χ3v) is 5.33. The molecule has 0 amide bonds. The second-order valence-electron chi connectivity index (χ2n) is 6.70. The van der Waals surface area contributed by atoms with Crippen LogP contribution in [0.25, 0.3) is 0 Å². The van der Waals surface area contributed by atoms with Gasteiger partial charge >= 0.3 is 0 Å². The molecule has 1 saturated heterocycles. The Morgan fingerprint density at radius 2 is 1.95 bits per heavy atom. The molecule has 1 aliphatic heterocycles. The van der Waals surface area contributed by atoms with E-state index < -0.39 is 0 Å². The van der Waals surface area contributed by atoms with Crippen LogP contribution in [-0.2, 0) is 0 Å². The average Bonchev–Trinajstić information content (AvgIpc) is 2.48. The molecule has 0 aliphatic carbocycles. The highest BCUT2D eigenvalue weighted by Gasteiger charge is 2.30. The Kier molecular flexibility index (Phi) is 6.59. The molecular weight excluding hydrogens is 276 g/mol. The normalized spacial score (nSPS) is 25.2. The van der Waals surface area contributed by atoms with Crippen molar-refractivity contribution in [3.8, 4) is 0 Å². The lowest BCUT2D eigenvalue weighted by Gasteiger charge is -2.43. The minimum absolute atomic E-state index is 0.475. The van der Waals surface area contributed by atoms with E-state index in [0.29, 0.717) is 18.0 Å². The summed E-state index contributed by atoms with van der Waals surface area (Å²) in [6.45, 7) is 10.5. The second kappa shape index (κ2) is 8.21. The molecule has 2 nitrogen and oxygen atoms in total. The molecule has 1 fully saturated rings. The summed E-state index contributed by atoms with van der Waals surface area (Å²) in [5, 5.41) is 3.76. The number of nitrogens with zero attached hydrogens (tertiary/aromatic N) is 1. The van der Waals surface area contributed by atoms with Crippen LogP contribution in [0.5, 0.6) is 0 Å². The van der Waals surface area contributed by atoms with Crippen molar-refractivity contribution >= 4 is 11.8 Å². The fraction of sp³-hybridized carbons (Fsp3) is 0.667. The second-order valence-corrected chi connectivity index (χ2v) is 7.61. The van der Waals surface area contributed by atoms with Crippen molar-refractivity contribution in [1.29, 1.82) is 0 Å². The Morgan fingerprint density at radius 3 is 2.57 bits per heavy atom. The number of thioether (sulfide) groups is 1. The topological polar surface area (TPSA) is 15.3 Å². The van der Waals surface area contributed by atoms with E-state index in [1.54, 1.807) is 0 Å². The van der Waals surface area contributed by atoms with Gasteiger partial charge in [-0.1, -0.05) is 51.1 Å². The van der Waals surface area contributed by atoms with E-state index >= 15 is 0 Å². The van der Waals surface area contributed by atoms with Crippen LogP contribution >= 0.6 is 11.8 Å². The lowest BCUT2D eigenvalue weighted by molar-refractivity contribution is 0.0870. The van der Waals surface area contributed by atoms with Crippen LogP contribution in [0, 0.1) is 11.8 Å². The van der Waals surface area contributed by atoms with Crippen molar-refractivity contribution < 1.29 is 0 Å². The van der Waals surface area contributed by atoms with Crippen LogP contribution in [0.15, 0.2) is 30.3 Å². The van der Waals surface area contributed by atoms with Crippen LogP contribution in [0.4, 0.5) is 0 Å². The molecule has 3 unspecified atom stereocenters. The zero-order valence-corrected chi connectivity index (χ0v) is 14.7. The Bertz CT molecular complexity index is 407. The molecule has 3 atom stereocenters. The van der Waals surface area contributed by atoms with Crippen LogP contribution in [0.1, 0.15) is 32.4 Å². The fourth-order valence-electron chi connectivity index (χ4n) is 3.34. The van der Waals surface area contributed by atoms with Crippen LogP contribution in [-0.4, -0.2) is 42.6 Å². The SMILES string of the molecule is CSCC(C)CN1CC(c2ccccc2)NCC1C(C)C. The van der Waals surface area contributed by atoms with Gasteiger partial charge in [0.05, 0.1) is 0 Å². The van der Waals surface area contributed by atoms with Gasteiger partial charge in [-0.25, -0.2) is 0 Å². The van der Waals surface area contributed by atoms with Crippen molar-refractivity contribution in [2.24, 2.45) is 11.8 Å². The van der Waals surface area contributed by atoms with Crippen LogP contribution in [0.3, 0.4) is 0 Å². The third kappa shape index (κ3) is 4.73. The van der Waals surface area contributed by atoms with Gasteiger partial charge in [-0.3, -0.25) is 4.90 Å². The van der Waals surface area contributed by atoms with E-state index in [0.717, 1.165) is 19.0 Å². The smallest absolute Gasteiger partial charge is 0.0449 e. The van der Waals surface area contributed by atoms with Gasteiger partial charge in [-0.05, 0) is 29.4 Å². The number of hydrogen-bond acceptors (Lipinski definition) is 3. The molecule has 0 radical (unpaired) electrons. The summed E-state index contributed by atoms with van der Waals surface area (Å²) in [7, 11) is 0. The summed E-state index contributed by atoms with van der Waals surface area (Å²) in [6, 6.07) is 12.0. The number of hydrogen-bond donors (Lipinski definition) is 1. The predicted molar refractivity (Wildman–Crippen MR) is 94.9 cm³/mol. The first kappa shape index (κ1) is 16.9. The quantitative estimate of drug-likeness (QED) is 0.863. The highest BCUT2D eigenvalue weighted by molar-refractivity contribution is 7.98. The van der Waals surface area contributed by atoms with E-state index in [-0.39, 0.29) is 0 Å². The first-order chi connectivity index (χ1) is 10.1. The fourth-order valence-corrected chi connectivity index (χ4v) is 4.01. The molecule has 1 aromatic carbocycles. The minimum Gasteiger partial charge on any atom is -0.307 e. The maximum absolute atomic E-state index is 3.76. The standard InChI is InChI=1S/C18H30N2S/c1-14(2)18-10-19-17(16-8-6-5-7-9-16)12-20(18)11-15(3)13-21-4/h5-9,14-15,17-19H,10-13H2,1-4H3. The van der Waals surface area contributed by atoms with E-state index in [9.17, 15) is 0 Å². The average molecular weight is 307 g/mol. The number of benzene rings is 1. The number of piperazine rings is 1. The molecule has 1 aliphatic rings. The van der Waals surface area contributed by atoms with Gasteiger partial charge in [0.1, 0.15) is 0 Å². The summed E-state index contributed by atoms with van der Waals surface area (Å²) in [6.07, 6.45) is 2.21. The third-order valence-electron chi connectivity index (χ3n) is 4.43. The van der Waals surface area contributed by atoms with Gasteiger partial charge in [0.15, 0.2) is 0 Å². The zero-order chi connectivity index (χ0) is 15.2. The molecule has 0 aromatic heterocycles. The van der Waals surface area contributed by atoms with Gasteiger partial charge in [0, 0.05) is 31.7 Å². The zero-order valence-electron chi connectivity index (χ0n) is 13.9. The van der Waals surface area contributed by atoms with Crippen molar-refractivity contribution in [1.82, 2.24) is 10.2 Å². The minimum atomic E-state index is 0.475. The molecule has 1 aromatic rings. The summed E-state index contributed by atoms with van der Waals surface area (Å²) >= 11 is 1.96. The maximum atomic E-state index is 3.76. The van der Waals surface area contributed by atoms with Gasteiger partial charge in [0.25, 0.3) is 0 Å². The van der Waals surface area contributed by atoms with Crippen molar-refractivity contribution in [3.63, 3.8) is 0 Å². The molecule has 1 N–H and O–H groups in total. The Labute approximate surface area is 134 Å². The van der Waals surface area contributed by atoms with Crippen LogP contribution in [0.2, 0.25) is 0 Å². The van der Waals surface area contributed by atoms with Crippen molar-refractivity contribution in [2.45, 2.75) is 32.9 Å². The molecule has 0 bridgehead atoms. The summed E-state index contributed by atoms with van der Waals surface area (Å²) in [5.41, 5.74) is 1.42. The predicted octanol–water partition coefficient (Wildman–Crippen LogP) is 3.66. The van der Waals surface area contributed by atoms with Gasteiger partial charge < -0.3 is 5.32 Å². The highest BCUT2D eigenvalue weighted by atomic mass is 32.2. The Hall–Kier alpha value is -0.510. The van der Waals surface area contributed by atoms with Gasteiger partial charge in [-0.2, -0.15) is 11.8 Å². The monoisotopic (exact) mass is 306 g/mol. The molecule has 21 heavy (non-hydrogen) atoms. The molecule has 0 spiro atoms. The van der Waals surface area contributed by atoms with Crippen molar-refractivity contribution in [2.75, 3.05) is 31.6 Å². The molecular formula is C18H30N2S. The van der Waals surface area contributed by atoms with Crippen molar-refractivity contribution in [3.05, 3.63) is 35.9 Å². The number of nitrogens with one attached hydrogen (secondary N) is 1. The van der Waals surface area contributed by atoms with E-state index in [2.05, 4.69) is 67.6 Å². The molecule has 0 saturated carbocycles. The molecule has 2 rings (SSSR count). The summed E-state index contributed by atoms with van der Waals surface area (Å²) in [4.78, 5) is 2.72. The molecule has 3 heteroatoms. The van der Waals surface area contributed by atoms with Gasteiger partial charge in [-0.15, -0.1) is 0 Å². The van der Waals surface area contributed by atoms with E-state index in [4.69, 9.17) is 0 Å². The first-order valence-corrected chi connectivity index (χ1v) is 9.52. The molecule has 1 heterocycles. The Morgan fingerprint density at radius 1 is 1.24 bits per heavy atom. The number of rotatable bonds is 6. The maximum Gasteiger partial charge on any atom is 0.0449 e. The van der Waals surface area contributed by atoms with Crippen LogP contribution < -0.4 is 5.32 Å². The first-order valence-electron chi connectivity index (χ1n) is 8.13. The Balaban J connectivity index is 2.04. The lowest BCUT2D eigenvalue weighted by atomic mass is 9.94. The molecule has 118 valence electrons. The largest absolute Gasteiger partial charge is 0.307 e. The van der Waals surface area contributed by atoms with E-state index in [1.165, 1.54) is 17.9 Å². The lowest BCUT2D eigenvalue weighted by Crippen LogP contribution is -2.55. The summed E-state index contributed by atoms with van der Waals surface area (Å²) in [5.74, 6) is 2.72. The highest BCUT2D eigenvalue weighted by Crippen LogP contribution is 2.24. The van der Waals surface area contributed by atoms with E-state index in [1.807, 2.05) is 11.8 Å².